The number of anilines is 2. The number of ether oxygens (including phenoxy) is 4. The van der Waals surface area contributed by atoms with Gasteiger partial charge in [-0.15, -0.1) is 0 Å². The van der Waals surface area contributed by atoms with Gasteiger partial charge in [-0.3, -0.25) is 4.79 Å². The molecule has 0 bridgehead atoms. The van der Waals surface area contributed by atoms with E-state index in [9.17, 15) is 9.59 Å². The summed E-state index contributed by atoms with van der Waals surface area (Å²) in [4.78, 5) is 30.5. The minimum atomic E-state index is -1.85. The summed E-state index contributed by atoms with van der Waals surface area (Å²) >= 11 is 0. The van der Waals surface area contributed by atoms with Crippen LogP contribution in [0.3, 0.4) is 0 Å². The molecule has 214 valence electrons. The van der Waals surface area contributed by atoms with Gasteiger partial charge >= 0.3 is 5.97 Å². The summed E-state index contributed by atoms with van der Waals surface area (Å²) in [5.74, 6) is 0.212. The fraction of sp³-hybridized carbons (Fsp3) is 0.300. The second-order valence-corrected chi connectivity index (χ2v) is 9.51. The van der Waals surface area contributed by atoms with Crippen molar-refractivity contribution in [3.8, 4) is 17.2 Å². The van der Waals surface area contributed by atoms with Crippen molar-refractivity contribution in [1.82, 2.24) is 9.88 Å². The molecule has 2 atom stereocenters. The van der Waals surface area contributed by atoms with Gasteiger partial charge in [-0.2, -0.15) is 9.37 Å². The molecular formula is C30H30FN3O7. The van der Waals surface area contributed by atoms with E-state index in [1.165, 1.54) is 43.4 Å². The zero-order valence-corrected chi connectivity index (χ0v) is 22.9. The van der Waals surface area contributed by atoms with Crippen LogP contribution in [0.1, 0.15) is 28.8 Å². The van der Waals surface area contributed by atoms with E-state index in [1.54, 1.807) is 12.1 Å². The third kappa shape index (κ3) is 6.25. The van der Waals surface area contributed by atoms with Gasteiger partial charge in [0.2, 0.25) is 0 Å². The molecule has 2 heterocycles. The molecule has 41 heavy (non-hydrogen) atoms. The summed E-state index contributed by atoms with van der Waals surface area (Å²) in [7, 11) is 2.79. The average Bonchev–Trinajstić information content (AvgIpc) is 3.64. The first-order valence-corrected chi connectivity index (χ1v) is 13.1. The number of halogens is 1. The summed E-state index contributed by atoms with van der Waals surface area (Å²) in [5.41, 5.74) is 3.12. The number of carbonyl (C=O) groups excluding carboxylic acids is 2. The second kappa shape index (κ2) is 12.3. The maximum atomic E-state index is 15.1. The Morgan fingerprint density at radius 2 is 1.90 bits per heavy atom. The Morgan fingerprint density at radius 3 is 2.63 bits per heavy atom. The van der Waals surface area contributed by atoms with E-state index in [2.05, 4.69) is 15.0 Å². The first-order valence-electron chi connectivity index (χ1n) is 13.1. The number of aromatic nitrogens is 1. The van der Waals surface area contributed by atoms with Gasteiger partial charge in [-0.25, -0.2) is 9.69 Å². The molecule has 0 unspecified atom stereocenters. The fourth-order valence-corrected chi connectivity index (χ4v) is 4.69. The van der Waals surface area contributed by atoms with Crippen LogP contribution in [-0.4, -0.2) is 61.5 Å². The number of hydrogen-bond acceptors (Lipinski definition) is 10. The fourth-order valence-electron chi connectivity index (χ4n) is 4.69. The van der Waals surface area contributed by atoms with Crippen LogP contribution >= 0.6 is 0 Å². The highest BCUT2D eigenvalue weighted by atomic mass is 19.1. The van der Waals surface area contributed by atoms with E-state index >= 15 is 4.39 Å². The van der Waals surface area contributed by atoms with Crippen LogP contribution < -0.4 is 19.5 Å². The van der Waals surface area contributed by atoms with Crippen LogP contribution in [0.15, 0.2) is 65.1 Å². The molecule has 1 saturated heterocycles. The average molecular weight is 564 g/mol. The molecule has 5 rings (SSSR count). The standard InChI is InChI=1S/C30H30FN3O7/c1-18-7-4-5-8-22(18)32-30-33-27-25(37-2)15-21(16-26(27)41-30)39-17-24(35)23-9-6-14-34(23)29(31)40-20-12-10-19(11-13-20)28(36)38-3/h4-5,7-8,10-13,15-16,23,29H,6,9,14,17H2,1-3H3,(H,32,33)/t23-,29-/m0/s1. The van der Waals surface area contributed by atoms with Crippen LogP contribution in [-0.2, 0) is 9.53 Å². The topological polar surface area (TPSA) is 112 Å². The summed E-state index contributed by atoms with van der Waals surface area (Å²) in [6.07, 6.45) is 1.11. The number of carbonyl (C=O) groups is 2. The van der Waals surface area contributed by atoms with Crippen molar-refractivity contribution in [2.45, 2.75) is 32.3 Å². The van der Waals surface area contributed by atoms with E-state index in [4.69, 9.17) is 18.6 Å². The second-order valence-electron chi connectivity index (χ2n) is 9.51. The largest absolute Gasteiger partial charge is 0.494 e. The lowest BCUT2D eigenvalue weighted by Gasteiger charge is -2.27. The number of aryl methyl sites for hydroxylation is 1. The van der Waals surface area contributed by atoms with Crippen LogP contribution in [0.25, 0.3) is 11.1 Å². The van der Waals surface area contributed by atoms with Crippen LogP contribution in [0.4, 0.5) is 16.1 Å². The Hall–Kier alpha value is -4.64. The van der Waals surface area contributed by atoms with Gasteiger partial charge in [0.1, 0.15) is 18.1 Å². The maximum Gasteiger partial charge on any atom is 0.337 e. The van der Waals surface area contributed by atoms with Crippen molar-refractivity contribution in [2.24, 2.45) is 0 Å². The number of methoxy groups -OCH3 is 2. The van der Waals surface area contributed by atoms with Gasteiger partial charge in [-0.05, 0) is 55.7 Å². The molecular weight excluding hydrogens is 533 g/mol. The Labute approximate surface area is 236 Å². The molecule has 1 aliphatic heterocycles. The maximum absolute atomic E-state index is 15.1. The van der Waals surface area contributed by atoms with Crippen molar-refractivity contribution >= 4 is 34.6 Å². The Balaban J connectivity index is 1.23. The van der Waals surface area contributed by atoms with E-state index in [0.717, 1.165) is 11.3 Å². The molecule has 0 spiro atoms. The number of ketones is 1. The molecule has 3 aromatic carbocycles. The van der Waals surface area contributed by atoms with Crippen molar-refractivity contribution in [1.29, 1.82) is 0 Å². The van der Waals surface area contributed by atoms with Gasteiger partial charge in [0.15, 0.2) is 22.6 Å². The highest BCUT2D eigenvalue weighted by Crippen LogP contribution is 2.34. The summed E-state index contributed by atoms with van der Waals surface area (Å²) in [6, 6.07) is 16.5. The highest BCUT2D eigenvalue weighted by Gasteiger charge is 2.37. The molecule has 0 saturated carbocycles. The number of esters is 1. The van der Waals surface area contributed by atoms with Gasteiger partial charge < -0.3 is 28.7 Å². The lowest BCUT2D eigenvalue weighted by atomic mass is 10.1. The molecule has 1 aliphatic rings. The van der Waals surface area contributed by atoms with Gasteiger partial charge in [-0.1, -0.05) is 18.2 Å². The van der Waals surface area contributed by atoms with Gasteiger partial charge in [0.25, 0.3) is 12.5 Å². The SMILES string of the molecule is COC(=O)c1ccc(O[C@@H](F)N2CCC[C@H]2C(=O)COc2cc(OC)c3nc(Nc4ccccc4C)oc3c2)cc1. The molecule has 1 aromatic heterocycles. The molecule has 4 aromatic rings. The monoisotopic (exact) mass is 563 g/mol. The van der Waals surface area contributed by atoms with E-state index in [-0.39, 0.29) is 24.2 Å². The first kappa shape index (κ1) is 27.9. The summed E-state index contributed by atoms with van der Waals surface area (Å²) in [5, 5.41) is 3.16. The Morgan fingerprint density at radius 1 is 1.12 bits per heavy atom. The normalized spacial score (nSPS) is 15.9. The van der Waals surface area contributed by atoms with Crippen LogP contribution in [0.5, 0.6) is 17.2 Å². The number of nitrogens with one attached hydrogen (secondary N) is 1. The van der Waals surface area contributed by atoms with E-state index < -0.39 is 18.5 Å². The number of Topliss-reactive ketones (excluding diaryl/α,β-unsaturated/α-hetero) is 1. The third-order valence-corrected chi connectivity index (χ3v) is 6.86. The number of para-hydroxylation sites is 1. The van der Waals surface area contributed by atoms with Crippen molar-refractivity contribution < 1.29 is 37.3 Å². The molecule has 0 radical (unpaired) electrons. The van der Waals surface area contributed by atoms with Gasteiger partial charge in [0.05, 0.1) is 25.8 Å². The Kier molecular flexibility index (Phi) is 8.34. The zero-order chi connectivity index (χ0) is 28.9. The highest BCUT2D eigenvalue weighted by molar-refractivity contribution is 5.89. The molecule has 0 aliphatic carbocycles. The number of oxazole rings is 1. The molecule has 0 amide bonds. The predicted octanol–water partition coefficient (Wildman–Crippen LogP) is 5.42. The number of benzene rings is 3. The molecule has 11 heteroatoms. The van der Waals surface area contributed by atoms with E-state index in [0.29, 0.717) is 47.5 Å². The molecule has 1 fully saturated rings. The zero-order valence-electron chi connectivity index (χ0n) is 22.9. The number of fused-ring (bicyclic) bond motifs is 1. The van der Waals surface area contributed by atoms with Crippen LogP contribution in [0, 0.1) is 6.92 Å². The quantitative estimate of drug-likeness (QED) is 0.188. The molecule has 10 nitrogen and oxygen atoms in total. The number of likely N-dealkylation sites (tertiary alicyclic amines) is 1. The van der Waals surface area contributed by atoms with Crippen molar-refractivity contribution in [3.05, 3.63) is 71.8 Å². The minimum absolute atomic E-state index is 0.225. The van der Waals surface area contributed by atoms with Gasteiger partial charge in [0, 0.05) is 24.4 Å². The number of alkyl halides is 1. The molecule has 1 N–H and O–H groups in total. The summed E-state index contributed by atoms with van der Waals surface area (Å²) in [6.45, 7) is 0.201. The van der Waals surface area contributed by atoms with Crippen LogP contribution in [0.2, 0.25) is 0 Å². The van der Waals surface area contributed by atoms with Crippen molar-refractivity contribution in [3.63, 3.8) is 0 Å². The van der Waals surface area contributed by atoms with Crippen molar-refractivity contribution in [2.75, 3.05) is 32.7 Å². The minimum Gasteiger partial charge on any atom is -0.494 e. The first-order chi connectivity index (χ1) is 19.9. The number of nitrogens with zero attached hydrogens (tertiary/aromatic N) is 2. The number of rotatable bonds is 11. The lowest BCUT2D eigenvalue weighted by molar-refractivity contribution is -0.135. The predicted molar refractivity (Wildman–Crippen MR) is 149 cm³/mol. The number of hydrogen-bond donors (Lipinski definition) is 1. The summed E-state index contributed by atoms with van der Waals surface area (Å²) < 4.78 is 42.4. The smallest absolute Gasteiger partial charge is 0.337 e. The third-order valence-electron chi connectivity index (χ3n) is 6.86. The lowest BCUT2D eigenvalue weighted by Crippen LogP contribution is -2.45. The Bertz CT molecular complexity index is 1540. The van der Waals surface area contributed by atoms with E-state index in [1.807, 2.05) is 31.2 Å².